The van der Waals surface area contributed by atoms with Crippen LogP contribution in [0.5, 0.6) is 0 Å². The lowest BCUT2D eigenvalue weighted by atomic mass is 9.76. The lowest BCUT2D eigenvalue weighted by Gasteiger charge is -2.32. The minimum atomic E-state index is -0.299. The molecule has 1 aromatic heterocycles. The Labute approximate surface area is 104 Å². The van der Waals surface area contributed by atoms with Crippen LogP contribution in [0.15, 0.2) is 18.5 Å². The highest BCUT2D eigenvalue weighted by molar-refractivity contribution is 5.24. The number of aliphatic hydroxyl groups is 1. The third kappa shape index (κ3) is 2.86. The highest BCUT2D eigenvalue weighted by Crippen LogP contribution is 2.38. The van der Waals surface area contributed by atoms with Gasteiger partial charge in [-0.2, -0.15) is 0 Å². The summed E-state index contributed by atoms with van der Waals surface area (Å²) in [4.78, 5) is 4.09. The first-order valence-corrected chi connectivity index (χ1v) is 6.81. The van der Waals surface area contributed by atoms with E-state index in [2.05, 4.69) is 11.9 Å². The van der Waals surface area contributed by atoms with E-state index in [1.54, 1.807) is 6.20 Å². The summed E-state index contributed by atoms with van der Waals surface area (Å²) in [5.41, 5.74) is 2.18. The van der Waals surface area contributed by atoms with Crippen molar-refractivity contribution in [1.82, 2.24) is 4.98 Å². The van der Waals surface area contributed by atoms with Crippen LogP contribution in [0.1, 0.15) is 56.3 Å². The molecule has 1 fully saturated rings. The first-order chi connectivity index (χ1) is 8.22. The highest BCUT2D eigenvalue weighted by atomic mass is 16.3. The van der Waals surface area contributed by atoms with E-state index in [1.165, 1.54) is 32.1 Å². The van der Waals surface area contributed by atoms with Crippen molar-refractivity contribution in [2.24, 2.45) is 11.8 Å². The summed E-state index contributed by atoms with van der Waals surface area (Å²) in [7, 11) is 0. The molecule has 2 heteroatoms. The van der Waals surface area contributed by atoms with Gasteiger partial charge in [-0.25, -0.2) is 0 Å². The molecule has 2 nitrogen and oxygen atoms in total. The third-order valence-corrected chi connectivity index (χ3v) is 4.23. The molecular formula is C15H23NO. The van der Waals surface area contributed by atoms with Gasteiger partial charge in [-0.15, -0.1) is 0 Å². The molecule has 0 amide bonds. The highest BCUT2D eigenvalue weighted by Gasteiger charge is 2.28. The van der Waals surface area contributed by atoms with Crippen LogP contribution < -0.4 is 0 Å². The van der Waals surface area contributed by atoms with Crippen molar-refractivity contribution in [2.75, 3.05) is 0 Å². The molecule has 1 heterocycles. The van der Waals surface area contributed by atoms with Gasteiger partial charge in [0, 0.05) is 12.4 Å². The van der Waals surface area contributed by atoms with Crippen LogP contribution in [0.3, 0.4) is 0 Å². The molecule has 2 rings (SSSR count). The third-order valence-electron chi connectivity index (χ3n) is 4.23. The van der Waals surface area contributed by atoms with Crippen LogP contribution in [-0.2, 0) is 0 Å². The average molecular weight is 233 g/mol. The normalized spacial score (nSPS) is 26.8. The van der Waals surface area contributed by atoms with Gasteiger partial charge in [0.2, 0.25) is 0 Å². The molecule has 0 aliphatic heterocycles. The summed E-state index contributed by atoms with van der Waals surface area (Å²) < 4.78 is 0. The molecule has 1 aliphatic carbocycles. The Bertz CT molecular complexity index is 364. The molecule has 1 N–H and O–H groups in total. The molecule has 3 atom stereocenters. The van der Waals surface area contributed by atoms with Crippen LogP contribution in [0.25, 0.3) is 0 Å². The number of rotatable bonds is 3. The quantitative estimate of drug-likeness (QED) is 0.864. The van der Waals surface area contributed by atoms with E-state index in [1.807, 2.05) is 19.2 Å². The predicted molar refractivity (Wildman–Crippen MR) is 69.7 cm³/mol. The van der Waals surface area contributed by atoms with E-state index in [0.29, 0.717) is 5.92 Å². The number of pyridine rings is 1. The van der Waals surface area contributed by atoms with E-state index in [-0.39, 0.29) is 6.10 Å². The smallest absolute Gasteiger partial charge is 0.0821 e. The monoisotopic (exact) mass is 233 g/mol. The summed E-state index contributed by atoms with van der Waals surface area (Å²) in [6, 6.07) is 1.97. The van der Waals surface area contributed by atoms with E-state index >= 15 is 0 Å². The van der Waals surface area contributed by atoms with Crippen molar-refractivity contribution >= 4 is 0 Å². The van der Waals surface area contributed by atoms with Crippen LogP contribution in [0.2, 0.25) is 0 Å². The van der Waals surface area contributed by atoms with Gasteiger partial charge in [-0.3, -0.25) is 4.98 Å². The zero-order valence-electron chi connectivity index (χ0n) is 10.9. The summed E-state index contributed by atoms with van der Waals surface area (Å²) in [5, 5.41) is 10.5. The topological polar surface area (TPSA) is 33.1 Å². The largest absolute Gasteiger partial charge is 0.388 e. The minimum absolute atomic E-state index is 0.299. The molecule has 3 unspecified atom stereocenters. The fraction of sp³-hybridized carbons (Fsp3) is 0.667. The standard InChI is InChI=1S/C15H23NO/c1-3-12-5-4-6-13(9-12)15(17)14-7-8-16-10-11(14)2/h7-8,10,12-13,15,17H,3-6,9H2,1-2H3. The molecule has 17 heavy (non-hydrogen) atoms. The molecule has 0 spiro atoms. The van der Waals surface area contributed by atoms with Gasteiger partial charge in [0.05, 0.1) is 6.10 Å². The Morgan fingerprint density at radius 2 is 2.29 bits per heavy atom. The second-order valence-electron chi connectivity index (χ2n) is 5.38. The molecule has 94 valence electrons. The molecular weight excluding hydrogens is 210 g/mol. The van der Waals surface area contributed by atoms with Gasteiger partial charge < -0.3 is 5.11 Å². The predicted octanol–water partition coefficient (Wildman–Crippen LogP) is 3.64. The van der Waals surface area contributed by atoms with E-state index < -0.39 is 0 Å². The van der Waals surface area contributed by atoms with Crippen LogP contribution in [-0.4, -0.2) is 10.1 Å². The van der Waals surface area contributed by atoms with Gasteiger partial charge in [0.1, 0.15) is 0 Å². The van der Waals surface area contributed by atoms with Gasteiger partial charge in [-0.1, -0.05) is 26.2 Å². The van der Waals surface area contributed by atoms with Crippen molar-refractivity contribution in [3.63, 3.8) is 0 Å². The minimum Gasteiger partial charge on any atom is -0.388 e. The maximum Gasteiger partial charge on any atom is 0.0821 e. The summed E-state index contributed by atoms with van der Waals surface area (Å²) in [6.45, 7) is 4.29. The van der Waals surface area contributed by atoms with Crippen molar-refractivity contribution in [1.29, 1.82) is 0 Å². The van der Waals surface area contributed by atoms with Crippen molar-refractivity contribution in [3.05, 3.63) is 29.6 Å². The van der Waals surface area contributed by atoms with Gasteiger partial charge >= 0.3 is 0 Å². The second kappa shape index (κ2) is 5.63. The van der Waals surface area contributed by atoms with Crippen LogP contribution >= 0.6 is 0 Å². The van der Waals surface area contributed by atoms with Crippen LogP contribution in [0.4, 0.5) is 0 Å². The maximum atomic E-state index is 10.5. The van der Waals surface area contributed by atoms with Crippen molar-refractivity contribution in [3.8, 4) is 0 Å². The molecule has 1 aliphatic rings. The zero-order chi connectivity index (χ0) is 12.3. The van der Waals surface area contributed by atoms with Gasteiger partial charge in [0.15, 0.2) is 0 Å². The first kappa shape index (κ1) is 12.6. The average Bonchev–Trinajstić information content (AvgIpc) is 2.38. The van der Waals surface area contributed by atoms with E-state index in [4.69, 9.17) is 0 Å². The Morgan fingerprint density at radius 3 is 3.00 bits per heavy atom. The number of nitrogens with zero attached hydrogens (tertiary/aromatic N) is 1. The SMILES string of the molecule is CCC1CCCC(C(O)c2ccncc2C)C1. The Hall–Kier alpha value is -0.890. The second-order valence-corrected chi connectivity index (χ2v) is 5.38. The Balaban J connectivity index is 2.09. The maximum absolute atomic E-state index is 10.5. The van der Waals surface area contributed by atoms with Gasteiger partial charge in [0.25, 0.3) is 0 Å². The first-order valence-electron chi connectivity index (χ1n) is 6.81. The summed E-state index contributed by atoms with van der Waals surface area (Å²) >= 11 is 0. The van der Waals surface area contributed by atoms with E-state index in [0.717, 1.165) is 17.0 Å². The molecule has 1 saturated carbocycles. The molecule has 0 saturated heterocycles. The molecule has 0 bridgehead atoms. The van der Waals surface area contributed by atoms with Crippen molar-refractivity contribution in [2.45, 2.75) is 52.1 Å². The number of aliphatic hydroxyl groups excluding tert-OH is 1. The fourth-order valence-electron chi connectivity index (χ4n) is 3.06. The van der Waals surface area contributed by atoms with Crippen LogP contribution in [0, 0.1) is 18.8 Å². The molecule has 1 aromatic rings. The lowest BCUT2D eigenvalue weighted by molar-refractivity contribution is 0.0673. The number of aromatic nitrogens is 1. The lowest BCUT2D eigenvalue weighted by Crippen LogP contribution is -2.21. The van der Waals surface area contributed by atoms with E-state index in [9.17, 15) is 5.11 Å². The Morgan fingerprint density at radius 1 is 1.47 bits per heavy atom. The molecule has 0 aromatic carbocycles. The zero-order valence-corrected chi connectivity index (χ0v) is 10.9. The Kier molecular flexibility index (Phi) is 4.16. The fourth-order valence-corrected chi connectivity index (χ4v) is 3.06. The summed E-state index contributed by atoms with van der Waals surface area (Å²) in [5.74, 6) is 1.25. The number of hydrogen-bond acceptors (Lipinski definition) is 2. The van der Waals surface area contributed by atoms with Gasteiger partial charge in [-0.05, 0) is 48.8 Å². The number of hydrogen-bond donors (Lipinski definition) is 1. The number of aryl methyl sites for hydroxylation is 1. The summed E-state index contributed by atoms with van der Waals surface area (Å²) in [6.07, 6.45) is 9.54. The van der Waals surface area contributed by atoms with Crippen molar-refractivity contribution < 1.29 is 5.11 Å². The molecule has 0 radical (unpaired) electrons.